The first-order valence-electron chi connectivity index (χ1n) is 9.54. The van der Waals surface area contributed by atoms with E-state index in [-0.39, 0.29) is 18.0 Å². The molecule has 1 saturated heterocycles. The van der Waals surface area contributed by atoms with Crippen molar-refractivity contribution in [3.8, 4) is 6.07 Å². The Labute approximate surface area is 164 Å². The van der Waals surface area contributed by atoms with Crippen molar-refractivity contribution in [1.82, 2.24) is 25.3 Å². The van der Waals surface area contributed by atoms with Gasteiger partial charge in [0.05, 0.1) is 18.3 Å². The Bertz CT molecular complexity index is 788. The van der Waals surface area contributed by atoms with Crippen LogP contribution >= 0.6 is 0 Å². The average molecular weight is 388 g/mol. The number of piperazine rings is 1. The number of ether oxygens (including phenoxy) is 1. The molecule has 4 N–H and O–H groups in total. The number of hydrogen-bond acceptors (Lipinski definition) is 8. The molecule has 1 fully saturated rings. The van der Waals surface area contributed by atoms with Gasteiger partial charge in [-0.1, -0.05) is 0 Å². The van der Waals surface area contributed by atoms with Gasteiger partial charge in [0, 0.05) is 26.2 Å². The van der Waals surface area contributed by atoms with Gasteiger partial charge in [0.15, 0.2) is 11.8 Å². The summed E-state index contributed by atoms with van der Waals surface area (Å²) in [6.07, 6.45) is 1.24. The Kier molecular flexibility index (Phi) is 5.63. The second-order valence-electron chi connectivity index (χ2n) is 8.04. The van der Waals surface area contributed by atoms with Crippen LogP contribution in [0.2, 0.25) is 0 Å². The number of nitrogens with two attached hydrogens (primary N) is 1. The van der Waals surface area contributed by atoms with Gasteiger partial charge in [-0.05, 0) is 33.6 Å². The van der Waals surface area contributed by atoms with Gasteiger partial charge in [-0.2, -0.15) is 10.4 Å². The molecule has 1 amide bonds. The van der Waals surface area contributed by atoms with Gasteiger partial charge in [0.25, 0.3) is 0 Å². The van der Waals surface area contributed by atoms with Crippen LogP contribution in [0.5, 0.6) is 0 Å². The van der Waals surface area contributed by atoms with Gasteiger partial charge < -0.3 is 25.6 Å². The molecule has 0 bridgehead atoms. The van der Waals surface area contributed by atoms with Gasteiger partial charge in [0.2, 0.25) is 0 Å². The molecule has 0 radical (unpaired) electrons. The normalized spacial score (nSPS) is 19.1. The lowest BCUT2D eigenvalue weighted by molar-refractivity contribution is 0.0137. The molecule has 10 nitrogen and oxygen atoms in total. The number of nitriles is 1. The summed E-state index contributed by atoms with van der Waals surface area (Å²) in [6, 6.07) is 2.26. The molecule has 0 aliphatic carbocycles. The van der Waals surface area contributed by atoms with E-state index >= 15 is 0 Å². The van der Waals surface area contributed by atoms with E-state index in [4.69, 9.17) is 15.7 Å². The summed E-state index contributed by atoms with van der Waals surface area (Å²) in [5, 5.41) is 19.2. The average Bonchev–Trinajstić information content (AvgIpc) is 3.19. The molecule has 3 rings (SSSR count). The number of hydrogen-bond donors (Lipinski definition) is 3. The van der Waals surface area contributed by atoms with E-state index < -0.39 is 5.60 Å². The van der Waals surface area contributed by atoms with Crippen LogP contribution in [0.15, 0.2) is 4.99 Å². The molecule has 0 aromatic carbocycles. The zero-order chi connectivity index (χ0) is 20.3. The maximum Gasteiger partial charge on any atom is 0.410 e. The molecule has 10 heteroatoms. The van der Waals surface area contributed by atoms with Crippen molar-refractivity contribution in [2.75, 3.05) is 38.5 Å². The third kappa shape index (κ3) is 4.47. The summed E-state index contributed by atoms with van der Waals surface area (Å²) < 4.78 is 5.47. The first kappa shape index (κ1) is 19.8. The number of nitrogens with one attached hydrogen (secondary N) is 2. The highest BCUT2D eigenvalue weighted by Crippen LogP contribution is 2.19. The zero-order valence-electron chi connectivity index (χ0n) is 16.7. The van der Waals surface area contributed by atoms with Crippen LogP contribution in [0, 0.1) is 11.3 Å². The predicted molar refractivity (Wildman–Crippen MR) is 105 cm³/mol. The number of carbonyl (C=O) groups is 1. The molecular weight excluding hydrogens is 360 g/mol. The molecule has 1 aromatic rings. The first-order chi connectivity index (χ1) is 13.3. The Hall–Kier alpha value is -2.96. The summed E-state index contributed by atoms with van der Waals surface area (Å²) in [5.41, 5.74) is 6.35. The topological polar surface area (TPSA) is 136 Å². The van der Waals surface area contributed by atoms with E-state index in [2.05, 4.69) is 31.5 Å². The largest absolute Gasteiger partial charge is 0.444 e. The zero-order valence-corrected chi connectivity index (χ0v) is 16.7. The third-order valence-electron chi connectivity index (χ3n) is 4.73. The van der Waals surface area contributed by atoms with Gasteiger partial charge >= 0.3 is 6.09 Å². The van der Waals surface area contributed by atoms with E-state index in [9.17, 15) is 4.79 Å². The van der Waals surface area contributed by atoms with Crippen molar-refractivity contribution >= 4 is 17.9 Å². The second kappa shape index (κ2) is 7.96. The number of amides is 1. The summed E-state index contributed by atoms with van der Waals surface area (Å²) in [7, 11) is 0. The molecule has 2 aliphatic heterocycles. The number of aromatic amines is 1. The SMILES string of the molecule is CC(C)(C)OC(=O)N1CCN2C(NCCCc3[nH]nc(N)c3C#N)=NCC2C1. The Balaban J connectivity index is 1.43. The van der Waals surface area contributed by atoms with Gasteiger partial charge in [-0.15, -0.1) is 0 Å². The fourth-order valence-corrected chi connectivity index (χ4v) is 3.39. The summed E-state index contributed by atoms with van der Waals surface area (Å²) in [5.74, 6) is 1.12. The molecule has 28 heavy (non-hydrogen) atoms. The lowest BCUT2D eigenvalue weighted by Crippen LogP contribution is -2.57. The lowest BCUT2D eigenvalue weighted by Gasteiger charge is -2.39. The number of aromatic nitrogens is 2. The van der Waals surface area contributed by atoms with Crippen molar-refractivity contribution in [2.24, 2.45) is 4.99 Å². The maximum atomic E-state index is 12.3. The second-order valence-corrected chi connectivity index (χ2v) is 8.04. The number of H-pyrrole nitrogens is 1. The molecule has 152 valence electrons. The van der Waals surface area contributed by atoms with Crippen LogP contribution in [-0.2, 0) is 11.2 Å². The molecular formula is C18H28N8O2. The fourth-order valence-electron chi connectivity index (χ4n) is 3.39. The standard InChI is InChI=1S/C18H28N8O2/c1-18(2,3)28-17(27)25-7-8-26-12(11-25)10-22-16(26)21-6-4-5-14-13(9-19)15(20)24-23-14/h12H,4-8,10-11H2,1-3H3,(H,21,22)(H3,20,23,24). The van der Waals surface area contributed by atoms with Crippen LogP contribution in [0.1, 0.15) is 38.4 Å². The number of aryl methyl sites for hydroxylation is 1. The summed E-state index contributed by atoms with van der Waals surface area (Å²) in [6.45, 7) is 8.97. The number of aliphatic imine (C=N–C) groups is 1. The van der Waals surface area contributed by atoms with E-state index in [1.807, 2.05) is 20.8 Å². The van der Waals surface area contributed by atoms with Crippen molar-refractivity contribution in [2.45, 2.75) is 45.3 Å². The van der Waals surface area contributed by atoms with Crippen LogP contribution in [0.25, 0.3) is 0 Å². The van der Waals surface area contributed by atoms with Crippen LogP contribution in [0.3, 0.4) is 0 Å². The van der Waals surface area contributed by atoms with Crippen LogP contribution < -0.4 is 11.1 Å². The van der Waals surface area contributed by atoms with Gasteiger partial charge in [-0.25, -0.2) is 4.79 Å². The molecule has 1 unspecified atom stereocenters. The summed E-state index contributed by atoms with van der Waals surface area (Å²) in [4.78, 5) is 20.8. The van der Waals surface area contributed by atoms with E-state index in [0.29, 0.717) is 31.6 Å². The van der Waals surface area contributed by atoms with Crippen molar-refractivity contribution in [1.29, 1.82) is 5.26 Å². The van der Waals surface area contributed by atoms with Gasteiger partial charge in [0.1, 0.15) is 17.2 Å². The highest BCUT2D eigenvalue weighted by Gasteiger charge is 2.36. The van der Waals surface area contributed by atoms with Crippen molar-refractivity contribution in [3.63, 3.8) is 0 Å². The van der Waals surface area contributed by atoms with E-state index in [1.165, 1.54) is 0 Å². The molecule has 3 heterocycles. The minimum Gasteiger partial charge on any atom is -0.444 e. The Morgan fingerprint density at radius 2 is 2.25 bits per heavy atom. The lowest BCUT2D eigenvalue weighted by atomic mass is 10.1. The predicted octanol–water partition coefficient (Wildman–Crippen LogP) is 0.677. The number of guanidine groups is 1. The molecule has 2 aliphatic rings. The number of fused-ring (bicyclic) bond motifs is 1. The Morgan fingerprint density at radius 1 is 1.46 bits per heavy atom. The number of carbonyl (C=O) groups excluding carboxylic acids is 1. The van der Waals surface area contributed by atoms with Gasteiger partial charge in [-0.3, -0.25) is 10.1 Å². The van der Waals surface area contributed by atoms with Crippen molar-refractivity contribution in [3.05, 3.63) is 11.3 Å². The number of rotatable bonds is 4. The molecule has 0 saturated carbocycles. The Morgan fingerprint density at radius 3 is 2.96 bits per heavy atom. The molecule has 0 spiro atoms. The van der Waals surface area contributed by atoms with Crippen LogP contribution in [-0.4, -0.2) is 76.4 Å². The quantitative estimate of drug-likeness (QED) is 0.645. The number of nitrogens with zero attached hydrogens (tertiary/aromatic N) is 5. The smallest absolute Gasteiger partial charge is 0.410 e. The van der Waals surface area contributed by atoms with Crippen LogP contribution in [0.4, 0.5) is 10.6 Å². The first-order valence-corrected chi connectivity index (χ1v) is 9.54. The van der Waals surface area contributed by atoms with E-state index in [1.54, 1.807) is 4.90 Å². The highest BCUT2D eigenvalue weighted by molar-refractivity contribution is 5.82. The summed E-state index contributed by atoms with van der Waals surface area (Å²) >= 11 is 0. The third-order valence-corrected chi connectivity index (χ3v) is 4.73. The van der Waals surface area contributed by atoms with E-state index in [0.717, 1.165) is 31.2 Å². The monoisotopic (exact) mass is 388 g/mol. The minimum atomic E-state index is -0.488. The number of nitrogen functional groups attached to an aromatic ring is 1. The van der Waals surface area contributed by atoms with Crippen molar-refractivity contribution < 1.29 is 9.53 Å². The minimum absolute atomic E-state index is 0.182. The highest BCUT2D eigenvalue weighted by atomic mass is 16.6. The number of anilines is 1. The molecule has 1 aromatic heterocycles. The fraction of sp³-hybridized carbons (Fsp3) is 0.667. The molecule has 1 atom stereocenters. The maximum absolute atomic E-state index is 12.3.